The molecule has 40 heavy (non-hydrogen) atoms. The molecule has 7 heteroatoms. The Morgan fingerprint density at radius 2 is 1.27 bits per heavy atom. The Balaban J connectivity index is 0.000000221. The highest BCUT2D eigenvalue weighted by Gasteiger charge is 2.60. The molecule has 7 heterocycles. The van der Waals surface area contributed by atoms with Crippen LogP contribution in [0.2, 0.25) is 0 Å². The second kappa shape index (κ2) is 18.0. The maximum atomic E-state index is 6.74. The van der Waals surface area contributed by atoms with Crippen molar-refractivity contribution in [3.05, 3.63) is 0 Å². The van der Waals surface area contributed by atoms with Crippen LogP contribution in [0.3, 0.4) is 0 Å². The highest BCUT2D eigenvalue weighted by atomic mass is 32.2. The minimum absolute atomic E-state index is 0.187. The van der Waals surface area contributed by atoms with Crippen LogP contribution in [-0.4, -0.2) is 94.7 Å². The molecule has 7 aliphatic heterocycles. The highest BCUT2D eigenvalue weighted by Crippen LogP contribution is 2.53. The molecule has 4 nitrogen and oxygen atoms in total. The summed E-state index contributed by atoms with van der Waals surface area (Å²) in [4.78, 5) is 6.03. The third-order valence-electron chi connectivity index (χ3n) is 10.3. The average Bonchev–Trinajstić information content (AvgIpc) is 3.80. The lowest BCUT2D eigenvalue weighted by molar-refractivity contribution is -0.210. The largest absolute Gasteiger partial charge is 0.381 e. The molecule has 0 bridgehead atoms. The Bertz CT molecular complexity index is 636. The van der Waals surface area contributed by atoms with Crippen molar-refractivity contribution in [1.82, 2.24) is 9.80 Å². The van der Waals surface area contributed by atoms with Gasteiger partial charge in [0.1, 0.15) is 5.66 Å². The van der Waals surface area contributed by atoms with Crippen molar-refractivity contribution in [3.63, 3.8) is 0 Å². The van der Waals surface area contributed by atoms with Crippen LogP contribution in [-0.2, 0) is 9.47 Å². The molecule has 5 atom stereocenters. The van der Waals surface area contributed by atoms with Crippen LogP contribution in [0.4, 0.5) is 0 Å². The van der Waals surface area contributed by atoms with Crippen LogP contribution < -0.4 is 0 Å². The summed E-state index contributed by atoms with van der Waals surface area (Å²) in [5.74, 6) is 6.39. The van der Waals surface area contributed by atoms with Crippen molar-refractivity contribution in [3.8, 4) is 0 Å². The van der Waals surface area contributed by atoms with Crippen molar-refractivity contribution in [2.45, 2.75) is 138 Å². The molecular formula is C33H60N2O2S3. The van der Waals surface area contributed by atoms with Crippen LogP contribution in [0.5, 0.6) is 0 Å². The third kappa shape index (κ3) is 8.53. The maximum Gasteiger partial charge on any atom is 0.106 e. The van der Waals surface area contributed by atoms with Crippen molar-refractivity contribution in [2.24, 2.45) is 5.92 Å². The standard InChI is InChI=1S/C23H40N2OS2.C5H10O.C5H10S/c1-5-16-26-21(11-1)23(24-13-3-4-14-24)19(20-10-8-18-27-20)9-7-15-25(23)22-12-2-6-17-28-22;2*1-2-4-6-5-3-1/h19-22H,1-18H2;2*1-5H2. The number of thioether (sulfide) groups is 3. The van der Waals surface area contributed by atoms with Crippen LogP contribution in [0.25, 0.3) is 0 Å². The molecule has 0 aromatic carbocycles. The molecular weight excluding hydrogens is 553 g/mol. The first-order chi connectivity index (χ1) is 19.9. The smallest absolute Gasteiger partial charge is 0.106 e. The Morgan fingerprint density at radius 3 is 1.82 bits per heavy atom. The maximum absolute atomic E-state index is 6.74. The zero-order valence-corrected chi connectivity index (χ0v) is 28.0. The summed E-state index contributed by atoms with van der Waals surface area (Å²) in [6.07, 6.45) is 25.5. The van der Waals surface area contributed by atoms with Crippen molar-refractivity contribution < 1.29 is 9.47 Å². The van der Waals surface area contributed by atoms with E-state index in [0.717, 1.165) is 36.4 Å². The number of hydrogen-bond acceptors (Lipinski definition) is 7. The molecule has 0 aromatic rings. The first kappa shape index (κ1) is 32.3. The van der Waals surface area contributed by atoms with Crippen LogP contribution >= 0.6 is 35.3 Å². The monoisotopic (exact) mass is 612 g/mol. The lowest BCUT2D eigenvalue weighted by Gasteiger charge is -2.63. The van der Waals surface area contributed by atoms with Gasteiger partial charge < -0.3 is 9.47 Å². The van der Waals surface area contributed by atoms with Crippen LogP contribution in [0.15, 0.2) is 0 Å². The van der Waals surface area contributed by atoms with Gasteiger partial charge in [-0.2, -0.15) is 23.5 Å². The summed E-state index contributed by atoms with van der Waals surface area (Å²) >= 11 is 6.68. The van der Waals surface area contributed by atoms with Gasteiger partial charge in [0, 0.05) is 50.6 Å². The summed E-state index contributed by atoms with van der Waals surface area (Å²) < 4.78 is 11.8. The molecule has 7 rings (SSSR count). The van der Waals surface area contributed by atoms with Gasteiger partial charge in [-0.05, 0) is 126 Å². The summed E-state index contributed by atoms with van der Waals surface area (Å²) in [7, 11) is 0. The minimum atomic E-state index is 0.187. The third-order valence-corrected chi connectivity index (χ3v) is 14.3. The van der Waals surface area contributed by atoms with Gasteiger partial charge in [0.15, 0.2) is 0 Å². The molecule has 0 aromatic heterocycles. The first-order valence-electron chi connectivity index (χ1n) is 17.4. The average molecular weight is 613 g/mol. The lowest BCUT2D eigenvalue weighted by Crippen LogP contribution is -2.75. The molecule has 7 saturated heterocycles. The fourth-order valence-corrected chi connectivity index (χ4v) is 12.4. The van der Waals surface area contributed by atoms with Gasteiger partial charge >= 0.3 is 0 Å². The van der Waals surface area contributed by atoms with Crippen molar-refractivity contribution >= 4 is 35.3 Å². The Hall–Kier alpha value is 0.890. The fraction of sp³-hybridized carbons (Fsp3) is 1.00. The van der Waals surface area contributed by atoms with E-state index in [1.54, 1.807) is 0 Å². The molecule has 0 radical (unpaired) electrons. The van der Waals surface area contributed by atoms with Gasteiger partial charge in [-0.15, -0.1) is 11.8 Å². The van der Waals surface area contributed by atoms with E-state index in [0.29, 0.717) is 6.10 Å². The summed E-state index contributed by atoms with van der Waals surface area (Å²) in [5.41, 5.74) is 0.187. The van der Waals surface area contributed by atoms with E-state index >= 15 is 0 Å². The van der Waals surface area contributed by atoms with Gasteiger partial charge in [0.25, 0.3) is 0 Å². The van der Waals surface area contributed by atoms with Gasteiger partial charge in [-0.1, -0.05) is 12.8 Å². The van der Waals surface area contributed by atoms with Gasteiger partial charge in [0.05, 0.1) is 11.5 Å². The second-order valence-corrected chi connectivity index (χ2v) is 16.9. The quantitative estimate of drug-likeness (QED) is 0.315. The number of nitrogens with zero attached hydrogens (tertiary/aromatic N) is 2. The van der Waals surface area contributed by atoms with E-state index in [-0.39, 0.29) is 5.66 Å². The number of likely N-dealkylation sites (tertiary alicyclic amines) is 2. The molecule has 7 aliphatic rings. The van der Waals surface area contributed by atoms with E-state index in [2.05, 4.69) is 45.1 Å². The number of hydrogen-bond donors (Lipinski definition) is 0. The summed E-state index contributed by atoms with van der Waals surface area (Å²) in [6.45, 7) is 6.92. The number of ether oxygens (including phenoxy) is 2. The van der Waals surface area contributed by atoms with Gasteiger partial charge in [-0.25, -0.2) is 0 Å². The Labute approximate surface area is 260 Å². The zero-order chi connectivity index (χ0) is 27.3. The van der Waals surface area contributed by atoms with E-state index < -0.39 is 0 Å². The topological polar surface area (TPSA) is 24.9 Å². The van der Waals surface area contributed by atoms with Crippen molar-refractivity contribution in [1.29, 1.82) is 0 Å². The second-order valence-electron chi connectivity index (χ2n) is 13.0. The fourth-order valence-electron chi connectivity index (χ4n) is 8.38. The Morgan fingerprint density at radius 1 is 0.550 bits per heavy atom. The molecule has 5 unspecified atom stereocenters. The van der Waals surface area contributed by atoms with E-state index in [9.17, 15) is 0 Å². The predicted molar refractivity (Wildman–Crippen MR) is 178 cm³/mol. The van der Waals surface area contributed by atoms with Crippen molar-refractivity contribution in [2.75, 3.05) is 62.5 Å². The zero-order valence-electron chi connectivity index (χ0n) is 25.5. The summed E-state index contributed by atoms with van der Waals surface area (Å²) in [6, 6.07) is 0. The lowest BCUT2D eigenvalue weighted by atomic mass is 9.73. The SMILES string of the molecule is C1CCC(C2(N3CCCC3)C(C3CCCS3)CCCN2C2CCCCS2)OC1.C1CCOCC1.C1CCSCC1. The molecule has 0 aliphatic carbocycles. The normalized spacial score (nSPS) is 38.1. The van der Waals surface area contributed by atoms with Crippen LogP contribution in [0, 0.1) is 5.92 Å². The first-order valence-corrected chi connectivity index (χ1v) is 20.7. The van der Waals surface area contributed by atoms with Crippen LogP contribution in [0.1, 0.15) is 116 Å². The van der Waals surface area contributed by atoms with E-state index in [1.807, 2.05) is 0 Å². The van der Waals surface area contributed by atoms with Gasteiger partial charge in [-0.3, -0.25) is 9.80 Å². The molecule has 0 N–H and O–H groups in total. The molecule has 0 amide bonds. The van der Waals surface area contributed by atoms with E-state index in [1.165, 1.54) is 158 Å². The highest BCUT2D eigenvalue weighted by molar-refractivity contribution is 8.00. The molecule has 232 valence electrons. The number of piperidine rings is 1. The number of rotatable bonds is 4. The molecule has 0 spiro atoms. The summed E-state index contributed by atoms with van der Waals surface area (Å²) in [5, 5.41) is 1.59. The predicted octanol–water partition coefficient (Wildman–Crippen LogP) is 8.29. The van der Waals surface area contributed by atoms with Gasteiger partial charge in [0.2, 0.25) is 0 Å². The van der Waals surface area contributed by atoms with E-state index in [4.69, 9.17) is 9.47 Å². The Kier molecular flexibility index (Phi) is 14.5. The molecule has 0 saturated carbocycles. The molecule has 7 fully saturated rings. The minimum Gasteiger partial charge on any atom is -0.381 e.